The molecule has 6 nitrogen and oxygen atoms in total. The number of sulfonamides is 1. The highest BCUT2D eigenvalue weighted by atomic mass is 32.2. The van der Waals surface area contributed by atoms with Gasteiger partial charge in [0.05, 0.1) is 12.1 Å². The number of hydrogen-bond donors (Lipinski definition) is 1. The molecule has 0 aliphatic heterocycles. The van der Waals surface area contributed by atoms with Crippen LogP contribution in [0.4, 0.5) is 0 Å². The van der Waals surface area contributed by atoms with E-state index < -0.39 is 10.0 Å². The highest BCUT2D eigenvalue weighted by Gasteiger charge is 2.35. The summed E-state index contributed by atoms with van der Waals surface area (Å²) in [6.07, 6.45) is 1.94. The number of thiophene rings is 1. The van der Waals surface area contributed by atoms with Crippen molar-refractivity contribution >= 4 is 27.3 Å². The fourth-order valence-electron chi connectivity index (χ4n) is 2.29. The van der Waals surface area contributed by atoms with Gasteiger partial charge in [0.15, 0.2) is 0 Å². The fourth-order valence-corrected chi connectivity index (χ4v) is 3.51. The van der Waals surface area contributed by atoms with Crippen LogP contribution >= 0.6 is 11.3 Å². The Morgan fingerprint density at radius 1 is 1.50 bits per heavy atom. The van der Waals surface area contributed by atoms with Gasteiger partial charge in [0, 0.05) is 17.0 Å². The van der Waals surface area contributed by atoms with E-state index in [2.05, 4.69) is 0 Å². The number of rotatable bonds is 5. The molecule has 2 aromatic heterocycles. The molecular formula is C14H16N2O4S2. The van der Waals surface area contributed by atoms with Crippen molar-refractivity contribution in [3.63, 3.8) is 0 Å². The minimum Gasteiger partial charge on any atom is -0.448 e. The highest BCUT2D eigenvalue weighted by Crippen LogP contribution is 2.32. The molecule has 3 rings (SSSR count). The fraction of sp³-hybridized carbons (Fsp3) is 0.357. The van der Waals surface area contributed by atoms with Crippen LogP contribution in [0.3, 0.4) is 0 Å². The van der Waals surface area contributed by atoms with Gasteiger partial charge in [-0.1, -0.05) is 6.07 Å². The molecule has 1 saturated carbocycles. The normalized spacial score (nSPS) is 15.0. The quantitative estimate of drug-likeness (QED) is 0.902. The summed E-state index contributed by atoms with van der Waals surface area (Å²) in [6.45, 7) is 2.09. The standard InChI is InChI=1S/C14H16N2O4S2/c1-9-12(7-13(20-9)22(15,18)19)14(17)16(10-4-5-10)8-11-3-2-6-21-11/h2-3,6-7,10H,4-5,8H2,1H3,(H2,15,18,19). The van der Waals surface area contributed by atoms with Gasteiger partial charge in [-0.15, -0.1) is 11.3 Å². The number of nitrogens with two attached hydrogens (primary N) is 1. The average molecular weight is 340 g/mol. The van der Waals surface area contributed by atoms with Gasteiger partial charge < -0.3 is 9.32 Å². The van der Waals surface area contributed by atoms with E-state index in [1.807, 2.05) is 17.5 Å². The van der Waals surface area contributed by atoms with Crippen LogP contribution in [0.5, 0.6) is 0 Å². The molecule has 0 atom stereocenters. The van der Waals surface area contributed by atoms with Crippen molar-refractivity contribution in [2.24, 2.45) is 5.14 Å². The summed E-state index contributed by atoms with van der Waals surface area (Å²) in [5.74, 6) is 0.0536. The number of hydrogen-bond acceptors (Lipinski definition) is 5. The second-order valence-corrected chi connectivity index (χ2v) is 7.85. The van der Waals surface area contributed by atoms with E-state index in [1.165, 1.54) is 6.07 Å². The zero-order chi connectivity index (χ0) is 15.9. The van der Waals surface area contributed by atoms with Crippen molar-refractivity contribution in [2.75, 3.05) is 0 Å². The minimum atomic E-state index is -3.95. The lowest BCUT2D eigenvalue weighted by atomic mass is 10.2. The maximum atomic E-state index is 12.7. The Morgan fingerprint density at radius 3 is 2.73 bits per heavy atom. The molecule has 22 heavy (non-hydrogen) atoms. The lowest BCUT2D eigenvalue weighted by Gasteiger charge is -2.21. The van der Waals surface area contributed by atoms with Crippen molar-refractivity contribution in [2.45, 2.75) is 37.4 Å². The average Bonchev–Trinajstić information content (AvgIpc) is 2.98. The lowest BCUT2D eigenvalue weighted by Crippen LogP contribution is -2.32. The van der Waals surface area contributed by atoms with Gasteiger partial charge >= 0.3 is 0 Å². The first-order valence-corrected chi connectivity index (χ1v) is 9.25. The van der Waals surface area contributed by atoms with Crippen LogP contribution in [0.2, 0.25) is 0 Å². The van der Waals surface area contributed by atoms with E-state index in [4.69, 9.17) is 9.56 Å². The van der Waals surface area contributed by atoms with Gasteiger partial charge in [-0.3, -0.25) is 4.79 Å². The summed E-state index contributed by atoms with van der Waals surface area (Å²) in [5.41, 5.74) is 0.257. The summed E-state index contributed by atoms with van der Waals surface area (Å²) in [5, 5.41) is 6.64. The monoisotopic (exact) mass is 340 g/mol. The van der Waals surface area contributed by atoms with Crippen LogP contribution in [0.1, 0.15) is 33.8 Å². The predicted octanol–water partition coefficient (Wildman–Crippen LogP) is 2.10. The number of carbonyl (C=O) groups excluding carboxylic acids is 1. The highest BCUT2D eigenvalue weighted by molar-refractivity contribution is 7.89. The Balaban J connectivity index is 1.89. The van der Waals surface area contributed by atoms with Crippen molar-refractivity contribution < 1.29 is 17.6 Å². The smallest absolute Gasteiger partial charge is 0.271 e. The van der Waals surface area contributed by atoms with Crippen LogP contribution in [-0.4, -0.2) is 25.3 Å². The first kappa shape index (κ1) is 15.3. The maximum Gasteiger partial charge on any atom is 0.271 e. The second-order valence-electron chi connectivity index (χ2n) is 5.32. The lowest BCUT2D eigenvalue weighted by molar-refractivity contribution is 0.0730. The predicted molar refractivity (Wildman–Crippen MR) is 82.0 cm³/mol. The number of furan rings is 1. The third-order valence-corrected chi connectivity index (χ3v) is 5.18. The first-order valence-electron chi connectivity index (χ1n) is 6.83. The molecule has 2 N–H and O–H groups in total. The number of amides is 1. The summed E-state index contributed by atoms with van der Waals surface area (Å²) in [6, 6.07) is 5.35. The largest absolute Gasteiger partial charge is 0.448 e. The van der Waals surface area contributed by atoms with Crippen LogP contribution in [0.25, 0.3) is 0 Å². The van der Waals surface area contributed by atoms with E-state index in [1.54, 1.807) is 23.2 Å². The van der Waals surface area contributed by atoms with Gasteiger partial charge in [0.1, 0.15) is 5.76 Å². The van der Waals surface area contributed by atoms with Crippen molar-refractivity contribution in [1.29, 1.82) is 0 Å². The van der Waals surface area contributed by atoms with Crippen LogP contribution in [0, 0.1) is 6.92 Å². The van der Waals surface area contributed by atoms with E-state index in [0.29, 0.717) is 6.54 Å². The van der Waals surface area contributed by atoms with Crippen LogP contribution < -0.4 is 5.14 Å². The molecule has 0 bridgehead atoms. The maximum absolute atomic E-state index is 12.7. The molecular weight excluding hydrogens is 324 g/mol. The number of nitrogens with zero attached hydrogens (tertiary/aromatic N) is 1. The number of carbonyl (C=O) groups is 1. The topological polar surface area (TPSA) is 93.6 Å². The van der Waals surface area contributed by atoms with Gasteiger partial charge in [-0.05, 0) is 31.2 Å². The third-order valence-electron chi connectivity index (χ3n) is 3.56. The molecule has 1 aliphatic rings. The molecule has 0 saturated heterocycles. The summed E-state index contributed by atoms with van der Waals surface area (Å²) in [4.78, 5) is 15.6. The SMILES string of the molecule is Cc1oc(S(N)(=O)=O)cc1C(=O)N(Cc1cccs1)C1CC1. The Morgan fingerprint density at radius 2 is 2.23 bits per heavy atom. The van der Waals surface area contributed by atoms with Crippen molar-refractivity contribution in [3.8, 4) is 0 Å². The molecule has 8 heteroatoms. The Labute approximate surface area is 132 Å². The number of aryl methyl sites for hydroxylation is 1. The van der Waals surface area contributed by atoms with E-state index in [0.717, 1.165) is 17.7 Å². The first-order chi connectivity index (χ1) is 10.4. The summed E-state index contributed by atoms with van der Waals surface area (Å²) in [7, 11) is -3.95. The Hall–Kier alpha value is -1.64. The number of primary sulfonamides is 1. The minimum absolute atomic E-state index is 0.210. The third kappa shape index (κ3) is 3.08. The molecule has 0 spiro atoms. The molecule has 0 radical (unpaired) electrons. The molecule has 0 aromatic carbocycles. The van der Waals surface area contributed by atoms with E-state index in [-0.39, 0.29) is 28.4 Å². The van der Waals surface area contributed by atoms with Gasteiger partial charge in [-0.25, -0.2) is 13.6 Å². The Bertz CT molecular complexity index is 789. The summed E-state index contributed by atoms with van der Waals surface area (Å²) >= 11 is 1.59. The molecule has 0 unspecified atom stereocenters. The Kier molecular flexibility index (Phi) is 3.84. The second kappa shape index (κ2) is 5.53. The molecule has 118 valence electrons. The molecule has 2 aromatic rings. The zero-order valence-electron chi connectivity index (χ0n) is 12.0. The van der Waals surface area contributed by atoms with Gasteiger partial charge in [-0.2, -0.15) is 0 Å². The molecule has 1 amide bonds. The molecule has 1 aliphatic carbocycles. The van der Waals surface area contributed by atoms with Crippen molar-refractivity contribution in [1.82, 2.24) is 4.90 Å². The van der Waals surface area contributed by atoms with Gasteiger partial charge in [0.2, 0.25) is 5.09 Å². The van der Waals surface area contributed by atoms with Crippen LogP contribution in [0.15, 0.2) is 33.1 Å². The molecule has 2 heterocycles. The molecule has 1 fully saturated rings. The van der Waals surface area contributed by atoms with Crippen molar-refractivity contribution in [3.05, 3.63) is 39.8 Å². The summed E-state index contributed by atoms with van der Waals surface area (Å²) < 4.78 is 27.8. The van der Waals surface area contributed by atoms with Gasteiger partial charge in [0.25, 0.3) is 15.9 Å². The van der Waals surface area contributed by atoms with E-state index in [9.17, 15) is 13.2 Å². The zero-order valence-corrected chi connectivity index (χ0v) is 13.6. The van der Waals surface area contributed by atoms with E-state index >= 15 is 0 Å². The van der Waals surface area contributed by atoms with Crippen LogP contribution in [-0.2, 0) is 16.6 Å².